The highest BCUT2D eigenvalue weighted by atomic mass is 16.3. The minimum absolute atomic E-state index is 0.0282. The van der Waals surface area contributed by atoms with Crippen LogP contribution in [0.4, 0.5) is 11.4 Å². The van der Waals surface area contributed by atoms with E-state index < -0.39 is 0 Å². The van der Waals surface area contributed by atoms with E-state index in [1.54, 1.807) is 42.5 Å². The standard InChI is InChI=1S/C15H13N3O/c1-10-6-7-15(19)11(8-10)14(9-16)18-13-5-3-2-4-12(13)17/h2-8,19H,17H2,1H3. The zero-order valence-electron chi connectivity index (χ0n) is 10.5. The number of hydrogen-bond donors (Lipinski definition) is 2. The van der Waals surface area contributed by atoms with Crippen LogP contribution in [0.5, 0.6) is 5.75 Å². The lowest BCUT2D eigenvalue weighted by molar-refractivity contribution is 0.474. The van der Waals surface area contributed by atoms with Gasteiger partial charge in [-0.1, -0.05) is 23.8 Å². The number of aryl methyl sites for hydroxylation is 1. The number of rotatable bonds is 2. The van der Waals surface area contributed by atoms with Crippen molar-refractivity contribution in [2.75, 3.05) is 5.73 Å². The Hall–Kier alpha value is -2.80. The van der Waals surface area contributed by atoms with Crippen molar-refractivity contribution < 1.29 is 5.11 Å². The number of aromatic hydroxyl groups is 1. The fourth-order valence-corrected chi connectivity index (χ4v) is 1.69. The number of hydrogen-bond acceptors (Lipinski definition) is 4. The summed E-state index contributed by atoms with van der Waals surface area (Å²) in [6, 6.07) is 14.1. The highest BCUT2D eigenvalue weighted by molar-refractivity contribution is 6.14. The van der Waals surface area contributed by atoms with Crippen LogP contribution < -0.4 is 5.73 Å². The summed E-state index contributed by atoms with van der Waals surface area (Å²) in [6.45, 7) is 1.88. The van der Waals surface area contributed by atoms with E-state index in [0.29, 0.717) is 16.9 Å². The summed E-state index contributed by atoms with van der Waals surface area (Å²) in [4.78, 5) is 4.22. The molecule has 0 aliphatic rings. The third kappa shape index (κ3) is 2.72. The second kappa shape index (κ2) is 5.23. The third-order valence-electron chi connectivity index (χ3n) is 2.68. The Morgan fingerprint density at radius 1 is 1.26 bits per heavy atom. The molecule has 19 heavy (non-hydrogen) atoms. The lowest BCUT2D eigenvalue weighted by Crippen LogP contribution is -1.98. The smallest absolute Gasteiger partial charge is 0.152 e. The molecule has 0 atom stereocenters. The molecular formula is C15H13N3O. The Kier molecular flexibility index (Phi) is 3.48. The lowest BCUT2D eigenvalue weighted by Gasteiger charge is -2.05. The Morgan fingerprint density at radius 2 is 2.00 bits per heavy atom. The molecule has 0 saturated carbocycles. The Bertz CT molecular complexity index is 684. The molecule has 0 aromatic heterocycles. The molecule has 0 bridgehead atoms. The van der Waals surface area contributed by atoms with Gasteiger partial charge in [-0.3, -0.25) is 0 Å². The summed E-state index contributed by atoms with van der Waals surface area (Å²) in [5.41, 5.74) is 8.28. The highest BCUT2D eigenvalue weighted by Gasteiger charge is 2.09. The van der Waals surface area contributed by atoms with E-state index >= 15 is 0 Å². The van der Waals surface area contributed by atoms with E-state index in [-0.39, 0.29) is 11.5 Å². The number of nitriles is 1. The van der Waals surface area contributed by atoms with Gasteiger partial charge in [0, 0.05) is 0 Å². The van der Waals surface area contributed by atoms with E-state index in [1.807, 2.05) is 13.0 Å². The topological polar surface area (TPSA) is 82.4 Å². The van der Waals surface area contributed by atoms with Crippen molar-refractivity contribution in [1.29, 1.82) is 5.26 Å². The molecule has 0 unspecified atom stereocenters. The van der Waals surface area contributed by atoms with Crippen molar-refractivity contribution in [1.82, 2.24) is 0 Å². The summed E-state index contributed by atoms with van der Waals surface area (Å²) in [7, 11) is 0. The number of nitrogens with zero attached hydrogens (tertiary/aromatic N) is 2. The number of nitrogen functional groups attached to an aromatic ring is 1. The van der Waals surface area contributed by atoms with Crippen molar-refractivity contribution in [3.8, 4) is 11.8 Å². The number of anilines is 1. The van der Waals surface area contributed by atoms with Gasteiger partial charge in [0.1, 0.15) is 11.8 Å². The Morgan fingerprint density at radius 3 is 2.68 bits per heavy atom. The molecule has 0 aliphatic heterocycles. The van der Waals surface area contributed by atoms with Crippen LogP contribution in [0.3, 0.4) is 0 Å². The normalized spacial score (nSPS) is 11.1. The van der Waals surface area contributed by atoms with Gasteiger partial charge < -0.3 is 10.8 Å². The van der Waals surface area contributed by atoms with Gasteiger partial charge in [-0.05, 0) is 31.2 Å². The summed E-state index contributed by atoms with van der Waals surface area (Å²) in [6.07, 6.45) is 0. The molecule has 4 heteroatoms. The summed E-state index contributed by atoms with van der Waals surface area (Å²) in [5.74, 6) is 0.0282. The first-order valence-electron chi connectivity index (χ1n) is 5.75. The quantitative estimate of drug-likeness (QED) is 0.636. The number of aliphatic imine (C=N–C) groups is 1. The number of nitrogens with two attached hydrogens (primary N) is 1. The zero-order chi connectivity index (χ0) is 13.8. The van der Waals surface area contributed by atoms with Gasteiger partial charge in [-0.15, -0.1) is 0 Å². The zero-order valence-corrected chi connectivity index (χ0v) is 10.5. The van der Waals surface area contributed by atoms with E-state index in [4.69, 9.17) is 5.73 Å². The van der Waals surface area contributed by atoms with Crippen molar-refractivity contribution in [3.05, 3.63) is 53.6 Å². The first-order valence-corrected chi connectivity index (χ1v) is 5.75. The fraction of sp³-hybridized carbons (Fsp3) is 0.0667. The van der Waals surface area contributed by atoms with Crippen LogP contribution in [-0.4, -0.2) is 10.8 Å². The van der Waals surface area contributed by atoms with Gasteiger partial charge in [-0.2, -0.15) is 5.26 Å². The molecule has 2 rings (SSSR count). The molecule has 0 saturated heterocycles. The van der Waals surface area contributed by atoms with Crippen molar-refractivity contribution >= 4 is 17.1 Å². The van der Waals surface area contributed by atoms with Crippen LogP contribution in [0.2, 0.25) is 0 Å². The largest absolute Gasteiger partial charge is 0.507 e. The summed E-state index contributed by atoms with van der Waals surface area (Å²) < 4.78 is 0. The molecular weight excluding hydrogens is 238 g/mol. The fourth-order valence-electron chi connectivity index (χ4n) is 1.69. The van der Waals surface area contributed by atoms with E-state index in [2.05, 4.69) is 4.99 Å². The van der Waals surface area contributed by atoms with Crippen molar-refractivity contribution in [3.63, 3.8) is 0 Å². The van der Waals surface area contributed by atoms with Crippen molar-refractivity contribution in [2.45, 2.75) is 6.92 Å². The molecule has 2 aromatic carbocycles. The minimum Gasteiger partial charge on any atom is -0.507 e. The number of phenols is 1. The average Bonchev–Trinajstić information content (AvgIpc) is 2.41. The van der Waals surface area contributed by atoms with E-state index in [1.165, 1.54) is 0 Å². The van der Waals surface area contributed by atoms with Crippen LogP contribution in [0.1, 0.15) is 11.1 Å². The Labute approximate surface area is 111 Å². The predicted octanol–water partition coefficient (Wildman–Crippen LogP) is 2.93. The molecule has 2 aromatic rings. The van der Waals surface area contributed by atoms with Crippen molar-refractivity contribution in [2.24, 2.45) is 4.99 Å². The van der Waals surface area contributed by atoms with Crippen LogP contribution >= 0.6 is 0 Å². The number of para-hydroxylation sites is 2. The minimum atomic E-state index is 0.0282. The molecule has 0 radical (unpaired) electrons. The summed E-state index contributed by atoms with van der Waals surface area (Å²) in [5, 5.41) is 19.0. The Balaban J connectivity index is 2.55. The highest BCUT2D eigenvalue weighted by Crippen LogP contribution is 2.25. The van der Waals surface area contributed by atoms with Gasteiger partial charge in [0.05, 0.1) is 16.9 Å². The van der Waals surface area contributed by atoms with Crippen LogP contribution in [0, 0.1) is 18.3 Å². The third-order valence-corrected chi connectivity index (χ3v) is 2.68. The molecule has 0 heterocycles. The maximum atomic E-state index is 9.82. The maximum Gasteiger partial charge on any atom is 0.152 e. The average molecular weight is 251 g/mol. The van der Waals surface area contributed by atoms with E-state index in [9.17, 15) is 10.4 Å². The second-order valence-electron chi connectivity index (χ2n) is 4.15. The molecule has 0 amide bonds. The monoisotopic (exact) mass is 251 g/mol. The molecule has 3 N–H and O–H groups in total. The SMILES string of the molecule is Cc1ccc(O)c(C(C#N)=Nc2ccccc2N)c1. The molecule has 94 valence electrons. The van der Waals surface area contributed by atoms with Crippen LogP contribution in [0.15, 0.2) is 47.5 Å². The van der Waals surface area contributed by atoms with Crippen LogP contribution in [0.25, 0.3) is 0 Å². The predicted molar refractivity (Wildman–Crippen MR) is 75.5 cm³/mol. The van der Waals surface area contributed by atoms with Gasteiger partial charge >= 0.3 is 0 Å². The van der Waals surface area contributed by atoms with Gasteiger partial charge in [0.25, 0.3) is 0 Å². The van der Waals surface area contributed by atoms with E-state index in [0.717, 1.165) is 5.56 Å². The molecule has 0 fully saturated rings. The maximum absolute atomic E-state index is 9.82. The van der Waals surface area contributed by atoms with Gasteiger partial charge in [0.2, 0.25) is 0 Å². The second-order valence-corrected chi connectivity index (χ2v) is 4.15. The molecule has 0 aliphatic carbocycles. The van der Waals surface area contributed by atoms with Crippen LogP contribution in [-0.2, 0) is 0 Å². The molecule has 0 spiro atoms. The van der Waals surface area contributed by atoms with Gasteiger partial charge in [-0.25, -0.2) is 4.99 Å². The molecule has 4 nitrogen and oxygen atoms in total. The number of phenolic OH excluding ortho intramolecular Hbond substituents is 1. The number of benzene rings is 2. The van der Waals surface area contributed by atoms with Gasteiger partial charge in [0.15, 0.2) is 5.71 Å². The summed E-state index contributed by atoms with van der Waals surface area (Å²) >= 11 is 0. The first kappa shape index (κ1) is 12.7. The first-order chi connectivity index (χ1) is 9.11. The lowest BCUT2D eigenvalue weighted by atomic mass is 10.1.